The predicted molar refractivity (Wildman–Crippen MR) is 265 cm³/mol. The maximum atomic E-state index is 12.4. The topological polar surface area (TPSA) is 367 Å². The van der Waals surface area contributed by atoms with Crippen LogP contribution in [0, 0.1) is 13.8 Å². The molecule has 0 spiro atoms. The summed E-state index contributed by atoms with van der Waals surface area (Å²) in [5.74, 6) is 0.113. The van der Waals surface area contributed by atoms with Crippen LogP contribution in [0.15, 0.2) is 183 Å². The number of aryl methyl sites for hydroxylation is 2. The van der Waals surface area contributed by atoms with Crippen molar-refractivity contribution < 1.29 is 51.9 Å². The highest BCUT2D eigenvalue weighted by molar-refractivity contribution is 7.86. The average Bonchev–Trinajstić information content (AvgIpc) is 3.31. The molecule has 0 bridgehead atoms. The summed E-state index contributed by atoms with van der Waals surface area (Å²) in [5.41, 5.74) is 4.46. The third-order valence-electron chi connectivity index (χ3n) is 10.0. The summed E-state index contributed by atoms with van der Waals surface area (Å²) in [6, 6.07) is 31.3. The van der Waals surface area contributed by atoms with Crippen molar-refractivity contribution in [1.82, 2.24) is 15.0 Å². The normalized spacial score (nSPS) is 12.7. The summed E-state index contributed by atoms with van der Waals surface area (Å²) < 4.78 is 132. The average molecular weight is 1070 g/mol. The number of aromatic nitrogens is 3. The van der Waals surface area contributed by atoms with Crippen molar-refractivity contribution in [2.45, 2.75) is 41.4 Å². The molecule has 376 valence electrons. The van der Waals surface area contributed by atoms with Gasteiger partial charge in [0, 0.05) is 19.4 Å². The van der Waals surface area contributed by atoms with Gasteiger partial charge in [-0.05, 0) is 121 Å². The molecular formula is C45H40N12O12S4. The van der Waals surface area contributed by atoms with Crippen LogP contribution in [-0.2, 0) is 53.3 Å². The standard InChI is InChI=1S/C45H40N12O12S4/c1-28-22-30(10-17-37(28)54-51-33-14-12-32(13-15-33)50-52-34-6-5-7-36(26-34)71(61,62)63)24-43-47-44(49-45(48-43)46-20-21-70(58,59)60)25-31-11-18-38(29(2)23-31)55-57-40-19-16-35(27-42(40)73(67,68)69)53-56-39-8-3-4-9-41(39)72(64,65)66/h3-19,22-23,26-27H,20-21,24-25H2,1-2H3,(H,58,59,60)(H,61,62,63)(H,64,65,66)(H,67,68,69)(H,46,47,48,49). The van der Waals surface area contributed by atoms with E-state index in [1.165, 1.54) is 54.6 Å². The minimum atomic E-state index is -4.88. The molecule has 0 amide bonds. The monoisotopic (exact) mass is 1070 g/mol. The second-order valence-electron chi connectivity index (χ2n) is 15.7. The van der Waals surface area contributed by atoms with Crippen molar-refractivity contribution in [3.8, 4) is 0 Å². The summed E-state index contributed by atoms with van der Waals surface area (Å²) in [6.45, 7) is 3.38. The Hall–Kier alpha value is -7.83. The fourth-order valence-electron chi connectivity index (χ4n) is 6.59. The first-order chi connectivity index (χ1) is 34.4. The molecule has 1 heterocycles. The van der Waals surface area contributed by atoms with Gasteiger partial charge in [0.15, 0.2) is 0 Å². The number of hydrogen-bond acceptors (Lipinski definition) is 20. The van der Waals surface area contributed by atoms with Crippen molar-refractivity contribution in [3.63, 3.8) is 0 Å². The number of hydrogen-bond donors (Lipinski definition) is 5. The minimum absolute atomic E-state index is 0.0665. The van der Waals surface area contributed by atoms with Gasteiger partial charge in [0.2, 0.25) is 5.95 Å². The molecule has 0 fully saturated rings. The van der Waals surface area contributed by atoms with Gasteiger partial charge in [-0.15, -0.1) is 10.2 Å². The molecule has 6 aromatic carbocycles. The highest BCUT2D eigenvalue weighted by atomic mass is 32.2. The lowest BCUT2D eigenvalue weighted by Gasteiger charge is -2.10. The maximum Gasteiger partial charge on any atom is 0.296 e. The van der Waals surface area contributed by atoms with Crippen LogP contribution in [-0.4, -0.2) is 79.1 Å². The molecule has 73 heavy (non-hydrogen) atoms. The van der Waals surface area contributed by atoms with Gasteiger partial charge in [-0.25, -0.2) is 4.98 Å². The Morgan fingerprint density at radius 3 is 1.47 bits per heavy atom. The number of benzene rings is 6. The smallest absolute Gasteiger partial charge is 0.296 e. The van der Waals surface area contributed by atoms with Crippen LogP contribution in [0.3, 0.4) is 0 Å². The molecule has 0 aliphatic carbocycles. The Morgan fingerprint density at radius 1 is 0.438 bits per heavy atom. The van der Waals surface area contributed by atoms with Crippen LogP contribution in [0.2, 0.25) is 0 Å². The minimum Gasteiger partial charge on any atom is -0.353 e. The first-order valence-electron chi connectivity index (χ1n) is 21.1. The van der Waals surface area contributed by atoms with Crippen LogP contribution in [0.5, 0.6) is 0 Å². The number of nitrogens with one attached hydrogen (secondary N) is 1. The van der Waals surface area contributed by atoms with E-state index >= 15 is 0 Å². The summed E-state index contributed by atoms with van der Waals surface area (Å²) in [6.07, 6.45) is 0.401. The number of nitrogens with zero attached hydrogens (tertiary/aromatic N) is 11. The number of azo groups is 4. The second kappa shape index (κ2) is 22.3. The SMILES string of the molecule is Cc1cc(Cc2nc(Cc3ccc(N=Nc4ccc(N=Nc5ccccc5S(=O)(=O)O)cc4S(=O)(=O)O)c(C)c3)nc(NCCS(=O)(=O)O)n2)ccc1N=Nc1ccc(N=Nc2cccc(S(=O)(=O)O)c2)cc1. The molecule has 7 rings (SSSR count). The number of anilines is 1. The van der Waals surface area contributed by atoms with E-state index in [1.807, 2.05) is 19.1 Å². The summed E-state index contributed by atoms with van der Waals surface area (Å²) >= 11 is 0. The van der Waals surface area contributed by atoms with Gasteiger partial charge >= 0.3 is 0 Å². The molecule has 0 saturated heterocycles. The lowest BCUT2D eigenvalue weighted by molar-refractivity contribution is 0.481. The zero-order valence-corrected chi connectivity index (χ0v) is 41.3. The van der Waals surface area contributed by atoms with E-state index < -0.39 is 56.0 Å². The highest BCUT2D eigenvalue weighted by Crippen LogP contribution is 2.34. The maximum absolute atomic E-state index is 12.4. The van der Waals surface area contributed by atoms with E-state index in [0.29, 0.717) is 40.0 Å². The fraction of sp³-hybridized carbons (Fsp3) is 0.133. The molecule has 24 nitrogen and oxygen atoms in total. The van der Waals surface area contributed by atoms with Crippen molar-refractivity contribution in [3.05, 3.63) is 161 Å². The van der Waals surface area contributed by atoms with Gasteiger partial charge < -0.3 is 5.32 Å². The van der Waals surface area contributed by atoms with Crippen LogP contribution in [0.1, 0.15) is 33.9 Å². The first-order valence-corrected chi connectivity index (χ1v) is 27.0. The molecule has 0 saturated carbocycles. The third kappa shape index (κ3) is 15.3. The molecule has 0 aliphatic rings. The molecule has 0 aliphatic heterocycles. The molecule has 0 atom stereocenters. The van der Waals surface area contributed by atoms with Crippen LogP contribution in [0.4, 0.5) is 51.4 Å². The molecular weight excluding hydrogens is 1030 g/mol. The van der Waals surface area contributed by atoms with E-state index in [9.17, 15) is 51.9 Å². The van der Waals surface area contributed by atoms with Gasteiger partial charge in [0.25, 0.3) is 40.5 Å². The first kappa shape index (κ1) is 53.0. The fourth-order valence-corrected chi connectivity index (χ4v) is 8.74. The zero-order chi connectivity index (χ0) is 52.6. The Bertz CT molecular complexity index is 3820. The van der Waals surface area contributed by atoms with Gasteiger partial charge in [-0.3, -0.25) is 18.2 Å². The van der Waals surface area contributed by atoms with Crippen LogP contribution in [0.25, 0.3) is 0 Å². The lowest BCUT2D eigenvalue weighted by Crippen LogP contribution is -2.17. The van der Waals surface area contributed by atoms with E-state index in [4.69, 9.17) is 0 Å². The second-order valence-corrected chi connectivity index (χ2v) is 21.4. The summed E-state index contributed by atoms with van der Waals surface area (Å²) in [7, 11) is -18.2. The molecule has 1 aromatic heterocycles. The molecule has 5 N–H and O–H groups in total. The molecule has 0 radical (unpaired) electrons. The predicted octanol–water partition coefficient (Wildman–Crippen LogP) is 10.4. The molecule has 28 heteroatoms. The van der Waals surface area contributed by atoms with E-state index in [-0.39, 0.29) is 53.0 Å². The van der Waals surface area contributed by atoms with Gasteiger partial charge in [-0.1, -0.05) is 42.5 Å². The van der Waals surface area contributed by atoms with E-state index in [2.05, 4.69) is 61.2 Å². The van der Waals surface area contributed by atoms with Crippen LogP contribution >= 0.6 is 0 Å². The van der Waals surface area contributed by atoms with E-state index in [1.54, 1.807) is 55.5 Å². The van der Waals surface area contributed by atoms with Gasteiger partial charge in [-0.2, -0.15) is 74.3 Å². The largest absolute Gasteiger partial charge is 0.353 e. The zero-order valence-electron chi connectivity index (χ0n) is 38.1. The lowest BCUT2D eigenvalue weighted by atomic mass is 10.1. The number of rotatable bonds is 19. The molecule has 0 unspecified atom stereocenters. The van der Waals surface area contributed by atoms with Crippen molar-refractivity contribution in [2.24, 2.45) is 40.9 Å². The van der Waals surface area contributed by atoms with Crippen molar-refractivity contribution in [2.75, 3.05) is 17.6 Å². The molecule has 7 aromatic rings. The van der Waals surface area contributed by atoms with Crippen LogP contribution < -0.4 is 5.32 Å². The van der Waals surface area contributed by atoms with Crippen molar-refractivity contribution in [1.29, 1.82) is 0 Å². The Labute approximate surface area is 417 Å². The van der Waals surface area contributed by atoms with Gasteiger partial charge in [0.05, 0.1) is 44.8 Å². The van der Waals surface area contributed by atoms with Crippen molar-refractivity contribution >= 4 is 91.9 Å². The Balaban J connectivity index is 1.05. The van der Waals surface area contributed by atoms with Gasteiger partial charge in [0.1, 0.15) is 32.8 Å². The third-order valence-corrected chi connectivity index (χ3v) is 13.4. The summed E-state index contributed by atoms with van der Waals surface area (Å²) in [5, 5.41) is 35.6. The quantitative estimate of drug-likeness (QED) is 0.0371. The Kier molecular flexibility index (Phi) is 16.2. The van der Waals surface area contributed by atoms with E-state index in [0.717, 1.165) is 28.8 Å². The highest BCUT2D eigenvalue weighted by Gasteiger charge is 2.19. The Morgan fingerprint density at radius 2 is 0.904 bits per heavy atom. The summed E-state index contributed by atoms with van der Waals surface area (Å²) in [4.78, 5) is 12.2.